The predicted octanol–water partition coefficient (Wildman–Crippen LogP) is -0.814. The Labute approximate surface area is 169 Å². The molecule has 1 rings (SSSR count). The number of nitrogens with zero attached hydrogens (tertiary/aromatic N) is 1. The molecule has 0 aromatic rings. The minimum atomic E-state index is -0.766. The number of rotatable bonds is 12. The fraction of sp³-hybridized carbons (Fsp3) is 0.579. The van der Waals surface area contributed by atoms with Gasteiger partial charge in [0.2, 0.25) is 17.7 Å². The summed E-state index contributed by atoms with van der Waals surface area (Å²) in [5, 5.41) is 7.67. The molecule has 3 N–H and O–H groups in total. The summed E-state index contributed by atoms with van der Waals surface area (Å²) in [7, 11) is 0. The smallest absolute Gasteiger partial charge is 0.253 e. The van der Waals surface area contributed by atoms with Crippen LogP contribution in [0.2, 0.25) is 0 Å². The van der Waals surface area contributed by atoms with Crippen molar-refractivity contribution >= 4 is 35.3 Å². The van der Waals surface area contributed by atoms with Gasteiger partial charge in [-0.3, -0.25) is 33.7 Å². The first-order valence-corrected chi connectivity index (χ1v) is 9.52. The van der Waals surface area contributed by atoms with E-state index in [1.54, 1.807) is 6.92 Å². The number of hydrogen-bond acceptors (Lipinski definition) is 6. The van der Waals surface area contributed by atoms with Crippen molar-refractivity contribution in [1.82, 2.24) is 20.9 Å². The summed E-state index contributed by atoms with van der Waals surface area (Å²) in [6.45, 7) is 4.74. The zero-order chi connectivity index (χ0) is 22.0. The fourth-order valence-corrected chi connectivity index (χ4v) is 2.44. The average Bonchev–Trinajstić information content (AvgIpc) is 2.97. The third-order valence-corrected chi connectivity index (χ3v) is 4.36. The number of Topliss-reactive ketones (excluding diaryl/α,β-unsaturated/α-hetero) is 1. The number of unbranched alkanes of at least 4 members (excludes halogenated alkanes) is 1. The third-order valence-electron chi connectivity index (χ3n) is 4.36. The van der Waals surface area contributed by atoms with E-state index in [2.05, 4.69) is 16.0 Å². The van der Waals surface area contributed by atoms with Gasteiger partial charge >= 0.3 is 0 Å². The topological polar surface area (TPSA) is 142 Å². The molecule has 10 nitrogen and oxygen atoms in total. The molecular weight excluding hydrogens is 380 g/mol. The van der Waals surface area contributed by atoms with Crippen molar-refractivity contribution in [3.63, 3.8) is 0 Å². The Morgan fingerprint density at radius 2 is 1.45 bits per heavy atom. The van der Waals surface area contributed by atoms with Gasteiger partial charge in [0.25, 0.3) is 11.8 Å². The van der Waals surface area contributed by atoms with Crippen molar-refractivity contribution in [1.29, 1.82) is 0 Å². The van der Waals surface area contributed by atoms with E-state index in [4.69, 9.17) is 0 Å². The van der Waals surface area contributed by atoms with Gasteiger partial charge in [-0.2, -0.15) is 0 Å². The first-order chi connectivity index (χ1) is 13.6. The van der Waals surface area contributed by atoms with Gasteiger partial charge in [-0.05, 0) is 33.6 Å². The van der Waals surface area contributed by atoms with Gasteiger partial charge in [-0.15, -0.1) is 0 Å². The first-order valence-electron chi connectivity index (χ1n) is 9.52. The van der Waals surface area contributed by atoms with Crippen LogP contribution in [0.3, 0.4) is 0 Å². The molecule has 0 aromatic carbocycles. The van der Waals surface area contributed by atoms with Gasteiger partial charge in [0.1, 0.15) is 6.04 Å². The van der Waals surface area contributed by atoms with Crippen molar-refractivity contribution in [3.05, 3.63) is 12.2 Å². The molecule has 10 heteroatoms. The number of hydrogen-bond donors (Lipinski definition) is 3. The summed E-state index contributed by atoms with van der Waals surface area (Å²) < 4.78 is 0. The van der Waals surface area contributed by atoms with Gasteiger partial charge < -0.3 is 16.0 Å². The Bertz CT molecular complexity index is 685. The molecule has 2 atom stereocenters. The zero-order valence-corrected chi connectivity index (χ0v) is 16.9. The first kappa shape index (κ1) is 24.0. The van der Waals surface area contributed by atoms with Crippen LogP contribution in [0.15, 0.2) is 12.2 Å². The van der Waals surface area contributed by atoms with Crippen molar-refractivity contribution < 1.29 is 28.8 Å². The van der Waals surface area contributed by atoms with E-state index < -0.39 is 29.8 Å². The highest BCUT2D eigenvalue weighted by atomic mass is 16.2. The Morgan fingerprint density at radius 1 is 0.897 bits per heavy atom. The number of nitrogens with one attached hydrogen (secondary N) is 3. The molecule has 0 fully saturated rings. The van der Waals surface area contributed by atoms with Crippen LogP contribution in [-0.4, -0.2) is 65.4 Å². The minimum absolute atomic E-state index is 0.112. The van der Waals surface area contributed by atoms with Gasteiger partial charge in [0.15, 0.2) is 5.78 Å². The van der Waals surface area contributed by atoms with Crippen molar-refractivity contribution in [2.75, 3.05) is 13.1 Å². The van der Waals surface area contributed by atoms with E-state index in [9.17, 15) is 28.8 Å². The molecule has 1 aliphatic heterocycles. The molecule has 29 heavy (non-hydrogen) atoms. The van der Waals surface area contributed by atoms with E-state index in [0.29, 0.717) is 12.8 Å². The molecule has 0 radical (unpaired) electrons. The van der Waals surface area contributed by atoms with Gasteiger partial charge in [-0.1, -0.05) is 0 Å². The normalized spacial score (nSPS) is 15.1. The molecule has 1 aliphatic rings. The van der Waals surface area contributed by atoms with E-state index in [1.807, 2.05) is 0 Å². The van der Waals surface area contributed by atoms with Crippen molar-refractivity contribution in [2.45, 2.75) is 58.5 Å². The average molecular weight is 408 g/mol. The SMILES string of the molecule is CC(=O)C(C)NC(=O)C(C)NC(=O)CCCCC(=O)NCCN1C(=O)C=CC1=O. The molecule has 0 spiro atoms. The highest BCUT2D eigenvalue weighted by molar-refractivity contribution is 6.12. The number of carbonyl (C=O) groups is 6. The van der Waals surface area contributed by atoms with Crippen LogP contribution in [0.5, 0.6) is 0 Å². The lowest BCUT2D eigenvalue weighted by atomic mass is 10.1. The lowest BCUT2D eigenvalue weighted by Gasteiger charge is -2.17. The molecule has 0 aliphatic carbocycles. The van der Waals surface area contributed by atoms with Gasteiger partial charge in [-0.25, -0.2) is 0 Å². The Kier molecular flexibility index (Phi) is 9.70. The highest BCUT2D eigenvalue weighted by Crippen LogP contribution is 2.03. The molecule has 0 saturated heterocycles. The minimum Gasteiger partial charge on any atom is -0.354 e. The maximum Gasteiger partial charge on any atom is 0.253 e. The molecule has 160 valence electrons. The Hall–Kier alpha value is -3.04. The van der Waals surface area contributed by atoms with Crippen LogP contribution in [0.25, 0.3) is 0 Å². The molecular formula is C19H28N4O6. The molecule has 1 heterocycles. The monoisotopic (exact) mass is 408 g/mol. The van der Waals surface area contributed by atoms with Crippen LogP contribution in [0.4, 0.5) is 0 Å². The molecule has 5 amide bonds. The van der Waals surface area contributed by atoms with Gasteiger partial charge in [0, 0.05) is 38.1 Å². The predicted molar refractivity (Wildman–Crippen MR) is 103 cm³/mol. The summed E-state index contributed by atoms with van der Waals surface area (Å²) in [4.78, 5) is 70.4. The summed E-state index contributed by atoms with van der Waals surface area (Å²) in [5.74, 6) is -1.95. The maximum atomic E-state index is 11.9. The van der Waals surface area contributed by atoms with Crippen molar-refractivity contribution in [2.24, 2.45) is 0 Å². The summed E-state index contributed by atoms with van der Waals surface area (Å²) in [6, 6.07) is -1.38. The quantitative estimate of drug-likeness (QED) is 0.285. The number of imide groups is 1. The summed E-state index contributed by atoms with van der Waals surface area (Å²) in [6.07, 6.45) is 3.68. The largest absolute Gasteiger partial charge is 0.354 e. The van der Waals surface area contributed by atoms with E-state index in [-0.39, 0.29) is 43.5 Å². The summed E-state index contributed by atoms with van der Waals surface area (Å²) >= 11 is 0. The maximum absolute atomic E-state index is 11.9. The number of ketones is 1. The second-order valence-corrected chi connectivity index (χ2v) is 6.85. The second-order valence-electron chi connectivity index (χ2n) is 6.85. The number of carbonyl (C=O) groups excluding carboxylic acids is 6. The van der Waals surface area contributed by atoms with Crippen LogP contribution < -0.4 is 16.0 Å². The molecule has 0 saturated carbocycles. The molecule has 0 bridgehead atoms. The van der Waals surface area contributed by atoms with Crippen LogP contribution in [-0.2, 0) is 28.8 Å². The Balaban J connectivity index is 2.13. The van der Waals surface area contributed by atoms with E-state index in [1.165, 1.54) is 26.0 Å². The summed E-state index contributed by atoms with van der Waals surface area (Å²) in [5.41, 5.74) is 0. The fourth-order valence-electron chi connectivity index (χ4n) is 2.44. The van der Waals surface area contributed by atoms with Crippen LogP contribution in [0, 0.1) is 0 Å². The van der Waals surface area contributed by atoms with Crippen molar-refractivity contribution in [3.8, 4) is 0 Å². The third kappa shape index (κ3) is 8.67. The van der Waals surface area contributed by atoms with Gasteiger partial charge in [0.05, 0.1) is 6.04 Å². The second kappa shape index (κ2) is 11.7. The van der Waals surface area contributed by atoms with E-state index in [0.717, 1.165) is 4.90 Å². The molecule has 2 unspecified atom stereocenters. The lowest BCUT2D eigenvalue weighted by Crippen LogP contribution is -2.48. The standard InChI is InChI=1S/C19H28N4O6/c1-12(14(3)24)22-19(29)13(2)21-16(26)7-5-4-6-15(25)20-10-11-23-17(27)8-9-18(23)28/h8-9,12-13H,4-7,10-11H2,1-3H3,(H,20,25)(H,21,26)(H,22,29). The molecule has 0 aromatic heterocycles. The number of amides is 5. The van der Waals surface area contributed by atoms with E-state index >= 15 is 0 Å². The highest BCUT2D eigenvalue weighted by Gasteiger charge is 2.22. The van der Waals surface area contributed by atoms with Crippen LogP contribution in [0.1, 0.15) is 46.5 Å². The lowest BCUT2D eigenvalue weighted by molar-refractivity contribution is -0.137. The Morgan fingerprint density at radius 3 is 2.00 bits per heavy atom. The van der Waals surface area contributed by atoms with Crippen LogP contribution >= 0.6 is 0 Å². The zero-order valence-electron chi connectivity index (χ0n) is 16.9.